The summed E-state index contributed by atoms with van der Waals surface area (Å²) in [5.74, 6) is 1.22. The molecule has 1 N–H and O–H groups in total. The van der Waals surface area contributed by atoms with E-state index in [1.54, 1.807) is 0 Å². The van der Waals surface area contributed by atoms with Gasteiger partial charge in [-0.05, 0) is 57.5 Å². The Kier molecular flexibility index (Phi) is 7.38. The van der Waals surface area contributed by atoms with Crippen LogP contribution in [-0.2, 0) is 0 Å². The normalized spacial score (nSPS) is 12.6. The van der Waals surface area contributed by atoms with Crippen LogP contribution in [0.25, 0.3) is 0 Å². The Labute approximate surface area is 110 Å². The van der Waals surface area contributed by atoms with Crippen LogP contribution in [0.3, 0.4) is 0 Å². The van der Waals surface area contributed by atoms with E-state index in [0.717, 1.165) is 6.54 Å². The molecule has 0 saturated carbocycles. The van der Waals surface area contributed by atoms with Gasteiger partial charge in [-0.2, -0.15) is 0 Å². The van der Waals surface area contributed by atoms with Gasteiger partial charge in [0, 0.05) is 10.9 Å². The van der Waals surface area contributed by atoms with Gasteiger partial charge < -0.3 is 5.32 Å². The molecule has 1 atom stereocenters. The fraction of sp³-hybridized carbons (Fsp3) is 0.600. The maximum absolute atomic E-state index is 3.53. The smallest absolute Gasteiger partial charge is 0.00745 e. The highest BCUT2D eigenvalue weighted by molar-refractivity contribution is 7.99. The summed E-state index contributed by atoms with van der Waals surface area (Å²) in [6, 6.07) is 9.43. The molecule has 1 rings (SSSR count). The first-order valence-corrected chi connectivity index (χ1v) is 7.63. The van der Waals surface area contributed by atoms with Gasteiger partial charge in [-0.15, -0.1) is 11.8 Å². The van der Waals surface area contributed by atoms with Crippen molar-refractivity contribution >= 4 is 11.8 Å². The van der Waals surface area contributed by atoms with E-state index >= 15 is 0 Å². The van der Waals surface area contributed by atoms with E-state index in [1.165, 1.54) is 35.5 Å². The van der Waals surface area contributed by atoms with Gasteiger partial charge in [0.2, 0.25) is 0 Å². The molecule has 0 amide bonds. The molecule has 0 spiro atoms. The zero-order valence-corrected chi connectivity index (χ0v) is 12.1. The third-order valence-corrected chi connectivity index (χ3v) is 3.86. The van der Waals surface area contributed by atoms with Gasteiger partial charge in [0.05, 0.1) is 0 Å². The summed E-state index contributed by atoms with van der Waals surface area (Å²) in [7, 11) is 0. The van der Waals surface area contributed by atoms with Crippen molar-refractivity contribution in [3.63, 3.8) is 0 Å². The number of rotatable bonds is 8. The molecule has 0 aliphatic rings. The number of nitrogens with one attached hydrogen (secondary N) is 1. The van der Waals surface area contributed by atoms with E-state index in [1.807, 2.05) is 11.8 Å². The molecule has 1 aromatic rings. The van der Waals surface area contributed by atoms with Crippen molar-refractivity contribution in [1.82, 2.24) is 5.32 Å². The van der Waals surface area contributed by atoms with Crippen molar-refractivity contribution in [1.29, 1.82) is 0 Å². The van der Waals surface area contributed by atoms with Crippen molar-refractivity contribution in [2.75, 3.05) is 12.3 Å². The van der Waals surface area contributed by atoms with Crippen LogP contribution in [0.15, 0.2) is 29.2 Å². The van der Waals surface area contributed by atoms with E-state index in [0.29, 0.717) is 6.04 Å². The zero-order chi connectivity index (χ0) is 12.5. The molecule has 0 aromatic heterocycles. The fourth-order valence-electron chi connectivity index (χ4n) is 1.78. The topological polar surface area (TPSA) is 12.0 Å². The molecule has 0 heterocycles. The minimum atomic E-state index is 0.660. The number of thioether (sulfide) groups is 1. The summed E-state index contributed by atoms with van der Waals surface area (Å²) in [4.78, 5) is 1.40. The average Bonchev–Trinajstić information content (AvgIpc) is 2.32. The lowest BCUT2D eigenvalue weighted by Gasteiger charge is -2.12. The van der Waals surface area contributed by atoms with Gasteiger partial charge in [0.25, 0.3) is 0 Å². The SMILES string of the molecule is CCCNC(C)CCCSc1cccc(C)c1. The number of hydrogen-bond donors (Lipinski definition) is 1. The summed E-state index contributed by atoms with van der Waals surface area (Å²) < 4.78 is 0. The molecule has 0 aliphatic heterocycles. The van der Waals surface area contributed by atoms with Crippen LogP contribution in [0.5, 0.6) is 0 Å². The molecule has 0 fully saturated rings. The molecular weight excluding hydrogens is 226 g/mol. The van der Waals surface area contributed by atoms with Gasteiger partial charge in [0.1, 0.15) is 0 Å². The van der Waals surface area contributed by atoms with E-state index in [-0.39, 0.29) is 0 Å². The van der Waals surface area contributed by atoms with Gasteiger partial charge in [-0.3, -0.25) is 0 Å². The third-order valence-electron chi connectivity index (χ3n) is 2.78. The lowest BCUT2D eigenvalue weighted by molar-refractivity contribution is 0.510. The van der Waals surface area contributed by atoms with Gasteiger partial charge >= 0.3 is 0 Å². The molecule has 96 valence electrons. The molecule has 0 saturated heterocycles. The quantitative estimate of drug-likeness (QED) is 0.547. The second kappa shape index (κ2) is 8.60. The second-order valence-electron chi connectivity index (χ2n) is 4.66. The van der Waals surface area contributed by atoms with Crippen LogP contribution in [0.4, 0.5) is 0 Å². The summed E-state index contributed by atoms with van der Waals surface area (Å²) in [6.45, 7) is 7.80. The van der Waals surface area contributed by atoms with E-state index in [2.05, 4.69) is 50.4 Å². The minimum Gasteiger partial charge on any atom is -0.314 e. The predicted molar refractivity (Wildman–Crippen MR) is 78.9 cm³/mol. The lowest BCUT2D eigenvalue weighted by Crippen LogP contribution is -2.26. The maximum atomic E-state index is 3.53. The Morgan fingerprint density at radius 1 is 1.35 bits per heavy atom. The van der Waals surface area contributed by atoms with Gasteiger partial charge in [0.15, 0.2) is 0 Å². The first-order chi connectivity index (χ1) is 8.22. The number of aryl methyl sites for hydroxylation is 1. The van der Waals surface area contributed by atoms with Crippen molar-refractivity contribution < 1.29 is 0 Å². The monoisotopic (exact) mass is 251 g/mol. The molecule has 1 aromatic carbocycles. The fourth-order valence-corrected chi connectivity index (χ4v) is 2.77. The van der Waals surface area contributed by atoms with Gasteiger partial charge in [-0.25, -0.2) is 0 Å². The predicted octanol–water partition coefficient (Wildman–Crippen LogP) is 4.26. The Balaban J connectivity index is 2.11. The molecule has 0 aliphatic carbocycles. The molecular formula is C15H25NS. The summed E-state index contributed by atoms with van der Waals surface area (Å²) in [5, 5.41) is 3.53. The number of benzene rings is 1. The van der Waals surface area contributed by atoms with E-state index in [4.69, 9.17) is 0 Å². The Morgan fingerprint density at radius 3 is 2.88 bits per heavy atom. The third kappa shape index (κ3) is 6.75. The average molecular weight is 251 g/mol. The summed E-state index contributed by atoms with van der Waals surface area (Å²) >= 11 is 1.97. The maximum Gasteiger partial charge on any atom is 0.00745 e. The molecule has 17 heavy (non-hydrogen) atoms. The molecule has 1 nitrogen and oxygen atoms in total. The molecule has 0 bridgehead atoms. The van der Waals surface area contributed by atoms with Crippen molar-refractivity contribution in [2.45, 2.75) is 51.0 Å². The zero-order valence-electron chi connectivity index (χ0n) is 11.3. The van der Waals surface area contributed by atoms with Crippen molar-refractivity contribution in [3.8, 4) is 0 Å². The van der Waals surface area contributed by atoms with Crippen LogP contribution >= 0.6 is 11.8 Å². The Hall–Kier alpha value is -0.470. The van der Waals surface area contributed by atoms with Crippen LogP contribution in [0, 0.1) is 6.92 Å². The van der Waals surface area contributed by atoms with E-state index < -0.39 is 0 Å². The Bertz CT molecular complexity index is 312. The minimum absolute atomic E-state index is 0.660. The molecule has 1 unspecified atom stereocenters. The Morgan fingerprint density at radius 2 is 2.18 bits per heavy atom. The second-order valence-corrected chi connectivity index (χ2v) is 5.83. The molecule has 2 heteroatoms. The highest BCUT2D eigenvalue weighted by Gasteiger charge is 2.00. The highest BCUT2D eigenvalue weighted by Crippen LogP contribution is 2.20. The van der Waals surface area contributed by atoms with Gasteiger partial charge in [-0.1, -0.05) is 24.6 Å². The molecule has 0 radical (unpaired) electrons. The summed E-state index contributed by atoms with van der Waals surface area (Å²) in [6.07, 6.45) is 3.79. The first kappa shape index (κ1) is 14.6. The highest BCUT2D eigenvalue weighted by atomic mass is 32.2. The van der Waals surface area contributed by atoms with E-state index in [9.17, 15) is 0 Å². The van der Waals surface area contributed by atoms with Crippen molar-refractivity contribution in [2.24, 2.45) is 0 Å². The van der Waals surface area contributed by atoms with Crippen LogP contribution in [0.1, 0.15) is 38.7 Å². The van der Waals surface area contributed by atoms with Crippen molar-refractivity contribution in [3.05, 3.63) is 29.8 Å². The summed E-state index contributed by atoms with van der Waals surface area (Å²) in [5.41, 5.74) is 1.35. The largest absolute Gasteiger partial charge is 0.314 e. The van der Waals surface area contributed by atoms with Crippen LogP contribution in [-0.4, -0.2) is 18.3 Å². The first-order valence-electron chi connectivity index (χ1n) is 6.65. The lowest BCUT2D eigenvalue weighted by atomic mass is 10.2. The van der Waals surface area contributed by atoms with Crippen LogP contribution in [0.2, 0.25) is 0 Å². The number of hydrogen-bond acceptors (Lipinski definition) is 2. The standard InChI is InChI=1S/C15H25NS/c1-4-10-16-14(3)8-6-11-17-15-9-5-7-13(2)12-15/h5,7,9,12,14,16H,4,6,8,10-11H2,1-3H3. The van der Waals surface area contributed by atoms with Crippen LogP contribution < -0.4 is 5.32 Å².